The van der Waals surface area contributed by atoms with Gasteiger partial charge in [-0.05, 0) is 6.04 Å². The predicted octanol–water partition coefficient (Wildman–Crippen LogP) is 2.77. The van der Waals surface area contributed by atoms with Gasteiger partial charge in [0.1, 0.15) is 13.5 Å². The first kappa shape index (κ1) is 11.1. The topological polar surface area (TPSA) is 17.1 Å². The molecule has 3 heteroatoms. The van der Waals surface area contributed by atoms with E-state index < -0.39 is 16.1 Å². The summed E-state index contributed by atoms with van der Waals surface area (Å²) in [6, 6.07) is 0.878. The van der Waals surface area contributed by atoms with Crippen LogP contribution in [0.3, 0.4) is 0 Å². The molecule has 0 amide bonds. The molecule has 0 rings (SSSR count). The van der Waals surface area contributed by atoms with Crippen LogP contribution in [0.5, 0.6) is 0 Å². The zero-order valence-corrected chi connectivity index (χ0v) is 10.6. The van der Waals surface area contributed by atoms with Crippen LogP contribution < -0.4 is 0 Å². The summed E-state index contributed by atoms with van der Waals surface area (Å²) in [5.74, 6) is 0. The molecule has 66 valence electrons. The SMILES string of the molecule is C[Si](C)(C)CC(=O)[Si](C)(C)C. The van der Waals surface area contributed by atoms with E-state index in [2.05, 4.69) is 39.3 Å². The number of rotatable bonds is 3. The van der Waals surface area contributed by atoms with Crippen molar-refractivity contribution in [1.82, 2.24) is 0 Å². The Kier molecular flexibility index (Phi) is 3.26. The summed E-state index contributed by atoms with van der Waals surface area (Å²) in [5, 5.41) is 0.552. The second kappa shape index (κ2) is 3.23. The van der Waals surface area contributed by atoms with E-state index in [4.69, 9.17) is 0 Å². The van der Waals surface area contributed by atoms with E-state index >= 15 is 0 Å². The lowest BCUT2D eigenvalue weighted by molar-refractivity contribution is -0.110. The Balaban J connectivity index is 4.11. The molecule has 0 aromatic heterocycles. The van der Waals surface area contributed by atoms with Crippen molar-refractivity contribution in [3.05, 3.63) is 0 Å². The van der Waals surface area contributed by atoms with E-state index in [1.807, 2.05) is 0 Å². The molecule has 0 aromatic carbocycles. The first-order valence-electron chi connectivity index (χ1n) is 4.16. The summed E-state index contributed by atoms with van der Waals surface area (Å²) >= 11 is 0. The molecule has 0 saturated heterocycles. The Morgan fingerprint density at radius 2 is 1.36 bits per heavy atom. The third-order valence-electron chi connectivity index (χ3n) is 1.53. The summed E-state index contributed by atoms with van der Waals surface area (Å²) < 4.78 is 0. The lowest BCUT2D eigenvalue weighted by Crippen LogP contribution is -2.38. The van der Waals surface area contributed by atoms with E-state index in [-0.39, 0.29) is 0 Å². The average Bonchev–Trinajstić information content (AvgIpc) is 1.56. The fourth-order valence-electron chi connectivity index (χ4n) is 0.747. The lowest BCUT2D eigenvalue weighted by atomic mass is 10.9. The van der Waals surface area contributed by atoms with E-state index in [0.29, 0.717) is 5.41 Å². The highest BCUT2D eigenvalue weighted by Crippen LogP contribution is 2.14. The van der Waals surface area contributed by atoms with E-state index in [1.54, 1.807) is 0 Å². The zero-order chi connectivity index (χ0) is 9.28. The maximum Gasteiger partial charge on any atom is 0.123 e. The van der Waals surface area contributed by atoms with Gasteiger partial charge in [0.2, 0.25) is 0 Å². The van der Waals surface area contributed by atoms with Crippen LogP contribution in [0.2, 0.25) is 45.3 Å². The van der Waals surface area contributed by atoms with Crippen LogP contribution in [0.4, 0.5) is 0 Å². The van der Waals surface area contributed by atoms with Crippen molar-refractivity contribution in [3.63, 3.8) is 0 Å². The Morgan fingerprint density at radius 3 is 1.45 bits per heavy atom. The quantitative estimate of drug-likeness (QED) is 0.623. The van der Waals surface area contributed by atoms with Crippen LogP contribution in [0.25, 0.3) is 0 Å². The molecule has 1 nitrogen and oxygen atoms in total. The van der Waals surface area contributed by atoms with E-state index in [1.165, 1.54) is 0 Å². The number of carbonyl (C=O) groups excluding carboxylic acids is 1. The standard InChI is InChI=1S/C8H20OSi2/c1-10(2,3)7-8(9)11(4,5)6/h7H2,1-6H3. The van der Waals surface area contributed by atoms with Crippen LogP contribution in [0.15, 0.2) is 0 Å². The molecule has 0 radical (unpaired) electrons. The molecule has 0 atom stereocenters. The molecular formula is C8H20OSi2. The third kappa shape index (κ3) is 5.38. The molecule has 0 saturated carbocycles. The molecule has 0 heterocycles. The van der Waals surface area contributed by atoms with Gasteiger partial charge < -0.3 is 4.79 Å². The van der Waals surface area contributed by atoms with Crippen molar-refractivity contribution in [3.8, 4) is 0 Å². The summed E-state index contributed by atoms with van der Waals surface area (Å²) in [5.41, 5.74) is 0. The lowest BCUT2D eigenvalue weighted by Gasteiger charge is -2.20. The normalized spacial score (nSPS) is 13.3. The average molecular weight is 188 g/mol. The van der Waals surface area contributed by atoms with Gasteiger partial charge in [0.05, 0.1) is 8.07 Å². The second-order valence-electron chi connectivity index (χ2n) is 5.41. The molecule has 0 fully saturated rings. The zero-order valence-electron chi connectivity index (χ0n) is 8.62. The molecule has 0 aliphatic carbocycles. The molecule has 0 unspecified atom stereocenters. The monoisotopic (exact) mass is 188 g/mol. The van der Waals surface area contributed by atoms with Gasteiger partial charge >= 0.3 is 0 Å². The van der Waals surface area contributed by atoms with Crippen molar-refractivity contribution in [1.29, 1.82) is 0 Å². The highest BCUT2D eigenvalue weighted by molar-refractivity contribution is 7.06. The van der Waals surface area contributed by atoms with Crippen molar-refractivity contribution < 1.29 is 4.79 Å². The fourth-order valence-corrected chi connectivity index (χ4v) is 5.42. The molecule has 11 heavy (non-hydrogen) atoms. The highest BCUT2D eigenvalue weighted by Gasteiger charge is 2.28. The van der Waals surface area contributed by atoms with Gasteiger partial charge in [-0.2, -0.15) is 0 Å². The van der Waals surface area contributed by atoms with Crippen molar-refractivity contribution >= 4 is 21.6 Å². The first-order valence-corrected chi connectivity index (χ1v) is 11.4. The third-order valence-corrected chi connectivity index (χ3v) is 5.11. The van der Waals surface area contributed by atoms with E-state index in [9.17, 15) is 4.79 Å². The largest absolute Gasteiger partial charge is 0.306 e. The molecule has 0 aromatic rings. The molecule has 0 aliphatic heterocycles. The maximum atomic E-state index is 11.6. The minimum absolute atomic E-state index is 0.552. The second-order valence-corrected chi connectivity index (χ2v) is 15.9. The molecule has 0 N–H and O–H groups in total. The molecule has 0 aliphatic rings. The Bertz CT molecular complexity index is 150. The van der Waals surface area contributed by atoms with E-state index in [0.717, 1.165) is 6.04 Å². The minimum Gasteiger partial charge on any atom is -0.306 e. The van der Waals surface area contributed by atoms with Gasteiger partial charge in [-0.15, -0.1) is 0 Å². The first-order chi connectivity index (χ1) is 4.63. The van der Waals surface area contributed by atoms with Crippen molar-refractivity contribution in [2.45, 2.75) is 45.3 Å². The molecule has 0 bridgehead atoms. The Hall–Kier alpha value is 0.104. The van der Waals surface area contributed by atoms with Crippen LogP contribution in [-0.2, 0) is 4.79 Å². The van der Waals surface area contributed by atoms with Crippen LogP contribution in [0, 0.1) is 0 Å². The van der Waals surface area contributed by atoms with Crippen molar-refractivity contribution in [2.75, 3.05) is 0 Å². The summed E-state index contributed by atoms with van der Waals surface area (Å²) in [7, 11) is -2.62. The van der Waals surface area contributed by atoms with Crippen molar-refractivity contribution in [2.24, 2.45) is 0 Å². The van der Waals surface area contributed by atoms with Gasteiger partial charge in [0, 0.05) is 0 Å². The number of hydrogen-bond donors (Lipinski definition) is 0. The van der Waals surface area contributed by atoms with Gasteiger partial charge in [0.25, 0.3) is 0 Å². The van der Waals surface area contributed by atoms with Crippen LogP contribution in [-0.4, -0.2) is 21.6 Å². The highest BCUT2D eigenvalue weighted by atomic mass is 28.3. The fraction of sp³-hybridized carbons (Fsp3) is 0.875. The van der Waals surface area contributed by atoms with Crippen LogP contribution in [0.1, 0.15) is 0 Å². The summed E-state index contributed by atoms with van der Waals surface area (Å²) in [4.78, 5) is 11.6. The number of carbonyl (C=O) groups is 1. The summed E-state index contributed by atoms with van der Waals surface area (Å²) in [6.07, 6.45) is 0. The minimum atomic E-state index is -1.47. The van der Waals surface area contributed by atoms with Gasteiger partial charge in [-0.3, -0.25) is 0 Å². The number of hydrogen-bond acceptors (Lipinski definition) is 1. The molecular weight excluding hydrogens is 168 g/mol. The van der Waals surface area contributed by atoms with Gasteiger partial charge in [-0.1, -0.05) is 39.3 Å². The van der Waals surface area contributed by atoms with Crippen LogP contribution >= 0.6 is 0 Å². The predicted molar refractivity (Wildman–Crippen MR) is 56.5 cm³/mol. The maximum absolute atomic E-state index is 11.6. The van der Waals surface area contributed by atoms with Gasteiger partial charge in [-0.25, -0.2) is 0 Å². The molecule has 0 spiro atoms. The smallest absolute Gasteiger partial charge is 0.123 e. The summed E-state index contributed by atoms with van der Waals surface area (Å²) in [6.45, 7) is 13.2. The Morgan fingerprint density at radius 1 is 1.00 bits per heavy atom. The van der Waals surface area contributed by atoms with Gasteiger partial charge in [0.15, 0.2) is 0 Å². The Labute approximate surface area is 72.2 Å².